The van der Waals surface area contributed by atoms with Gasteiger partial charge in [0.25, 0.3) is 0 Å². The average molecular weight is 425 g/mol. The molecule has 2 aliphatic rings. The van der Waals surface area contributed by atoms with Crippen molar-refractivity contribution < 1.29 is 24.9 Å². The minimum Gasteiger partial charge on any atom is -0.388 e. The van der Waals surface area contributed by atoms with E-state index in [0.717, 1.165) is 25.8 Å². The molecule has 2 heterocycles. The van der Waals surface area contributed by atoms with Crippen LogP contribution in [0.4, 0.5) is 0 Å². The molecule has 2 fully saturated rings. The summed E-state index contributed by atoms with van der Waals surface area (Å²) < 4.78 is 5.79. The molecule has 4 N–H and O–H groups in total. The van der Waals surface area contributed by atoms with Crippen LogP contribution < -0.4 is 5.32 Å². The van der Waals surface area contributed by atoms with Crippen molar-refractivity contribution in [2.75, 3.05) is 19.8 Å². The van der Waals surface area contributed by atoms with Crippen LogP contribution in [0.25, 0.3) is 0 Å². The van der Waals surface area contributed by atoms with Crippen LogP contribution in [0.2, 0.25) is 0 Å². The van der Waals surface area contributed by atoms with Crippen molar-refractivity contribution in [3.63, 3.8) is 0 Å². The van der Waals surface area contributed by atoms with E-state index < -0.39 is 41.3 Å². The Bertz CT molecular complexity index is 498. The van der Waals surface area contributed by atoms with Gasteiger partial charge < -0.3 is 25.4 Å². The van der Waals surface area contributed by atoms with E-state index in [1.165, 1.54) is 11.8 Å². The first-order valence-electron chi connectivity index (χ1n) is 9.58. The maximum absolute atomic E-state index is 12.9. The second kappa shape index (κ2) is 10.1. The minimum atomic E-state index is -1.36. The van der Waals surface area contributed by atoms with Crippen LogP contribution in [0, 0.1) is 5.92 Å². The molecule has 0 aliphatic carbocycles. The van der Waals surface area contributed by atoms with Crippen LogP contribution in [0.3, 0.4) is 0 Å². The number of aliphatic hydroxyl groups excluding tert-OH is 3. The number of rotatable bonds is 7. The first kappa shape index (κ1) is 23.2. The Kier molecular flexibility index (Phi) is 8.67. The lowest BCUT2D eigenvalue weighted by molar-refractivity contribution is -0.205. The third-order valence-electron chi connectivity index (χ3n) is 5.63. The number of amides is 1. The molecule has 7 nitrogen and oxygen atoms in total. The van der Waals surface area contributed by atoms with E-state index in [1.54, 1.807) is 13.2 Å². The average Bonchev–Trinajstić information content (AvgIpc) is 2.99. The van der Waals surface area contributed by atoms with Crippen LogP contribution >= 0.6 is 23.4 Å². The third-order valence-corrected chi connectivity index (χ3v) is 6.76. The van der Waals surface area contributed by atoms with Gasteiger partial charge in [0.15, 0.2) is 0 Å². The SMILES string of the molecule is CCC[C@H]1C[C@H](C(=O)N[C@@H]([C@@H]2O[C@@H](SC)[C@@H](O)[C@@H](O)[C@@H]2O)[C@H](C)Cl)N(C)C1. The summed E-state index contributed by atoms with van der Waals surface area (Å²) in [6, 6.07) is -0.934. The Morgan fingerprint density at radius 2 is 2.00 bits per heavy atom. The fourth-order valence-electron chi connectivity index (χ4n) is 4.11. The van der Waals surface area contributed by atoms with Crippen molar-refractivity contribution in [3.05, 3.63) is 0 Å². The number of hydrogen-bond acceptors (Lipinski definition) is 7. The standard InChI is InChI=1S/C18H33ClN2O5S/c1-5-6-10-7-11(21(3)8-10)17(25)20-12(9(2)19)16-14(23)13(22)15(24)18(26-16)27-4/h9-16,18,22-24H,5-8H2,1-4H3,(H,20,25)/t9-,10-,11+,12+,13-,14-,15-,16-,18-/m0/s1. The molecule has 0 aromatic rings. The number of halogens is 1. The van der Waals surface area contributed by atoms with E-state index in [1.807, 2.05) is 11.9 Å². The zero-order chi connectivity index (χ0) is 20.3. The Labute approximate surface area is 170 Å². The molecule has 9 heteroatoms. The number of ether oxygens (including phenoxy) is 1. The summed E-state index contributed by atoms with van der Waals surface area (Å²) >= 11 is 7.55. The van der Waals surface area contributed by atoms with E-state index in [-0.39, 0.29) is 11.9 Å². The summed E-state index contributed by atoms with van der Waals surface area (Å²) in [5.74, 6) is 0.350. The summed E-state index contributed by atoms with van der Waals surface area (Å²) in [5, 5.41) is 33.0. The number of alkyl halides is 1. The highest BCUT2D eigenvalue weighted by Crippen LogP contribution is 2.31. The van der Waals surface area contributed by atoms with Crippen molar-refractivity contribution in [2.45, 2.75) is 80.4 Å². The van der Waals surface area contributed by atoms with Crippen molar-refractivity contribution in [3.8, 4) is 0 Å². The van der Waals surface area contributed by atoms with E-state index in [0.29, 0.717) is 5.92 Å². The molecule has 0 bridgehead atoms. The second-order valence-electron chi connectivity index (χ2n) is 7.73. The maximum atomic E-state index is 12.9. The summed E-state index contributed by atoms with van der Waals surface area (Å²) in [7, 11) is 1.94. The quantitative estimate of drug-likeness (QED) is 0.438. The predicted octanol–water partition coefficient (Wildman–Crippen LogP) is 0.390. The normalized spacial score (nSPS) is 39.9. The molecule has 158 valence electrons. The highest BCUT2D eigenvalue weighted by atomic mass is 35.5. The number of carbonyl (C=O) groups is 1. The lowest BCUT2D eigenvalue weighted by Crippen LogP contribution is -2.65. The first-order chi connectivity index (χ1) is 12.7. The van der Waals surface area contributed by atoms with Crippen LogP contribution in [0.5, 0.6) is 0 Å². The summed E-state index contributed by atoms with van der Waals surface area (Å²) in [5.41, 5.74) is -0.702. The molecule has 2 rings (SSSR count). The fourth-order valence-corrected chi connectivity index (χ4v) is 5.00. The highest BCUT2D eigenvalue weighted by Gasteiger charge is 2.48. The summed E-state index contributed by atoms with van der Waals surface area (Å²) in [4.78, 5) is 14.9. The zero-order valence-electron chi connectivity index (χ0n) is 16.4. The molecule has 9 atom stereocenters. The molecular weight excluding hydrogens is 392 g/mol. The smallest absolute Gasteiger partial charge is 0.237 e. The van der Waals surface area contributed by atoms with Gasteiger partial charge in [-0.15, -0.1) is 23.4 Å². The summed E-state index contributed by atoms with van der Waals surface area (Å²) in [6.07, 6.45) is -0.0980. The van der Waals surface area contributed by atoms with Crippen molar-refractivity contribution >= 4 is 29.3 Å². The molecule has 0 saturated carbocycles. The lowest BCUT2D eigenvalue weighted by Gasteiger charge is -2.44. The van der Waals surface area contributed by atoms with Gasteiger partial charge >= 0.3 is 0 Å². The lowest BCUT2D eigenvalue weighted by atomic mass is 9.92. The van der Waals surface area contributed by atoms with E-state index in [2.05, 4.69) is 12.2 Å². The predicted molar refractivity (Wildman–Crippen MR) is 107 cm³/mol. The number of thioether (sulfide) groups is 1. The first-order valence-corrected chi connectivity index (χ1v) is 11.3. The van der Waals surface area contributed by atoms with E-state index >= 15 is 0 Å². The van der Waals surface area contributed by atoms with Gasteiger partial charge in [-0.25, -0.2) is 0 Å². The fraction of sp³-hybridized carbons (Fsp3) is 0.944. The molecule has 1 amide bonds. The van der Waals surface area contributed by atoms with Crippen LogP contribution in [-0.4, -0.2) is 93.3 Å². The number of likely N-dealkylation sites (N-methyl/N-ethyl adjacent to an activating group) is 1. The highest BCUT2D eigenvalue weighted by molar-refractivity contribution is 7.99. The Balaban J connectivity index is 2.09. The van der Waals surface area contributed by atoms with Crippen molar-refractivity contribution in [2.24, 2.45) is 5.92 Å². The van der Waals surface area contributed by atoms with Gasteiger partial charge in [0.1, 0.15) is 29.9 Å². The largest absolute Gasteiger partial charge is 0.388 e. The Morgan fingerprint density at radius 1 is 1.33 bits per heavy atom. The van der Waals surface area contributed by atoms with Gasteiger partial charge in [0.2, 0.25) is 5.91 Å². The Hall–Kier alpha value is -0.0900. The zero-order valence-corrected chi connectivity index (χ0v) is 18.0. The van der Waals surface area contributed by atoms with E-state index in [4.69, 9.17) is 16.3 Å². The van der Waals surface area contributed by atoms with Crippen LogP contribution in [0.1, 0.15) is 33.1 Å². The molecular formula is C18H33ClN2O5S. The van der Waals surface area contributed by atoms with Crippen molar-refractivity contribution in [1.29, 1.82) is 0 Å². The molecule has 0 unspecified atom stereocenters. The Morgan fingerprint density at radius 3 is 2.56 bits per heavy atom. The van der Waals surface area contributed by atoms with Gasteiger partial charge in [-0.2, -0.15) is 0 Å². The van der Waals surface area contributed by atoms with Gasteiger partial charge in [0.05, 0.1) is 17.5 Å². The second-order valence-corrected chi connectivity index (χ2v) is 9.36. The number of nitrogens with zero attached hydrogens (tertiary/aromatic N) is 1. The number of nitrogens with one attached hydrogen (secondary N) is 1. The van der Waals surface area contributed by atoms with Gasteiger partial charge in [-0.1, -0.05) is 13.3 Å². The molecule has 2 saturated heterocycles. The minimum absolute atomic E-state index is 0.147. The topological polar surface area (TPSA) is 102 Å². The summed E-state index contributed by atoms with van der Waals surface area (Å²) in [6.45, 7) is 4.74. The monoisotopic (exact) mass is 424 g/mol. The number of carbonyl (C=O) groups excluding carboxylic acids is 1. The van der Waals surface area contributed by atoms with Crippen molar-refractivity contribution in [1.82, 2.24) is 10.2 Å². The third kappa shape index (κ3) is 5.29. The molecule has 27 heavy (non-hydrogen) atoms. The maximum Gasteiger partial charge on any atom is 0.237 e. The molecule has 0 aromatic heterocycles. The van der Waals surface area contributed by atoms with Gasteiger partial charge in [0, 0.05) is 6.54 Å². The molecule has 0 radical (unpaired) electrons. The van der Waals surface area contributed by atoms with Crippen LogP contribution in [-0.2, 0) is 9.53 Å². The number of likely N-dealkylation sites (tertiary alicyclic amines) is 1. The molecule has 0 aromatic carbocycles. The molecule has 2 aliphatic heterocycles. The van der Waals surface area contributed by atoms with Crippen LogP contribution in [0.15, 0.2) is 0 Å². The van der Waals surface area contributed by atoms with Gasteiger partial charge in [-0.05, 0) is 39.0 Å². The molecule has 0 spiro atoms. The van der Waals surface area contributed by atoms with E-state index in [9.17, 15) is 20.1 Å². The number of hydrogen-bond donors (Lipinski definition) is 4. The number of aliphatic hydroxyl groups is 3. The van der Waals surface area contributed by atoms with Gasteiger partial charge in [-0.3, -0.25) is 9.69 Å².